The highest BCUT2D eigenvalue weighted by molar-refractivity contribution is 4.68. The Kier molecular flexibility index (Phi) is 90.1. The fourth-order valence-electron chi connectivity index (χ4n) is 2.37. The number of ether oxygens (including phenoxy) is 5. The molecule has 4 atom stereocenters. The van der Waals surface area contributed by atoms with Gasteiger partial charge in [0, 0.05) is 39.6 Å². The molecular weight excluding hydrogens is 612 g/mol. The zero-order chi connectivity index (χ0) is 31.3. The predicted molar refractivity (Wildman–Crippen MR) is 217 cm³/mol. The molecule has 9 nitrogen and oxygen atoms in total. The Morgan fingerprint density at radius 3 is 1.25 bits per heavy atom. The first-order chi connectivity index (χ1) is 18.8. The van der Waals surface area contributed by atoms with Crippen LogP contribution in [0.25, 0.3) is 0 Å². The molecule has 1 fully saturated rings. The van der Waals surface area contributed by atoms with Gasteiger partial charge in [-0.2, -0.15) is 0 Å². The molecule has 0 aliphatic carbocycles. The lowest BCUT2D eigenvalue weighted by Gasteiger charge is -2.15. The van der Waals surface area contributed by atoms with E-state index in [9.17, 15) is 10.2 Å². The monoisotopic (exact) mass is 713 g/mol. The van der Waals surface area contributed by atoms with Gasteiger partial charge in [-0.15, -0.1) is 0 Å². The molecule has 1 aliphatic rings. The largest absolute Gasteiger partial charge is 0.394 e. The van der Waals surface area contributed by atoms with Crippen LogP contribution in [0.15, 0.2) is 0 Å². The quantitative estimate of drug-likeness (QED) is 0.0720. The summed E-state index contributed by atoms with van der Waals surface area (Å²) >= 11 is 0. The van der Waals surface area contributed by atoms with Gasteiger partial charge in [0.25, 0.3) is 0 Å². The first-order valence-electron chi connectivity index (χ1n) is 15.4. The summed E-state index contributed by atoms with van der Waals surface area (Å²) in [6.45, 7) is 26.6. The van der Waals surface area contributed by atoms with E-state index in [0.29, 0.717) is 44.2 Å². The topological polar surface area (TPSA) is 130 Å². The molecule has 0 saturated carbocycles. The van der Waals surface area contributed by atoms with Crippen molar-refractivity contribution in [1.29, 1.82) is 0 Å². The van der Waals surface area contributed by atoms with Crippen molar-refractivity contribution in [2.24, 2.45) is 23.7 Å². The Morgan fingerprint density at radius 1 is 0.583 bits per heavy atom. The SMILES string of the molecule is C.C.C.C.C.C.C.C.CC(C)C(O)COCCC(O)CO.CC(C)C(O)COCCC1CO1.CCCOCC(C)C.CCOCC(C)C. The summed E-state index contributed by atoms with van der Waals surface area (Å²) in [5, 5.41) is 36.1. The first-order valence-corrected chi connectivity index (χ1v) is 15.4. The maximum Gasteiger partial charge on any atom is 0.0831 e. The highest BCUT2D eigenvalue weighted by Crippen LogP contribution is 2.13. The van der Waals surface area contributed by atoms with E-state index in [1.54, 1.807) is 0 Å². The van der Waals surface area contributed by atoms with Gasteiger partial charge in [-0.1, -0.05) is 122 Å². The highest BCUT2D eigenvalue weighted by Gasteiger charge is 2.21. The van der Waals surface area contributed by atoms with Gasteiger partial charge < -0.3 is 44.1 Å². The second kappa shape index (κ2) is 56.0. The van der Waals surface area contributed by atoms with Crippen molar-refractivity contribution in [2.75, 3.05) is 66.1 Å². The van der Waals surface area contributed by atoms with Gasteiger partial charge in [-0.3, -0.25) is 0 Å². The summed E-state index contributed by atoms with van der Waals surface area (Å²) in [7, 11) is 0. The van der Waals surface area contributed by atoms with E-state index in [0.717, 1.165) is 45.9 Å². The fraction of sp³-hybridized carbons (Fsp3) is 1.00. The molecule has 0 amide bonds. The summed E-state index contributed by atoms with van der Waals surface area (Å²) in [5.74, 6) is 1.83. The van der Waals surface area contributed by atoms with Crippen LogP contribution < -0.4 is 0 Å². The van der Waals surface area contributed by atoms with Gasteiger partial charge in [0.05, 0.1) is 50.8 Å². The Balaban J connectivity index is -0.0000000410. The van der Waals surface area contributed by atoms with Gasteiger partial charge in [0.2, 0.25) is 0 Å². The Labute approximate surface area is 305 Å². The van der Waals surface area contributed by atoms with Crippen molar-refractivity contribution in [3.63, 3.8) is 0 Å². The van der Waals surface area contributed by atoms with Crippen LogP contribution in [0, 0.1) is 23.7 Å². The summed E-state index contributed by atoms with van der Waals surface area (Å²) in [6, 6.07) is 0. The number of aliphatic hydroxyl groups excluding tert-OH is 4. The van der Waals surface area contributed by atoms with Crippen LogP contribution in [0.1, 0.15) is 148 Å². The molecule has 48 heavy (non-hydrogen) atoms. The minimum Gasteiger partial charge on any atom is -0.394 e. The van der Waals surface area contributed by atoms with E-state index in [2.05, 4.69) is 34.6 Å². The molecule has 0 radical (unpaired) electrons. The van der Waals surface area contributed by atoms with Crippen LogP contribution in [-0.4, -0.2) is 111 Å². The summed E-state index contributed by atoms with van der Waals surface area (Å²) in [4.78, 5) is 0. The molecule has 0 spiro atoms. The summed E-state index contributed by atoms with van der Waals surface area (Å²) < 4.78 is 25.7. The molecule has 0 aromatic heterocycles. The molecular formula is C39H100O9. The van der Waals surface area contributed by atoms with E-state index in [-0.39, 0.29) is 90.6 Å². The van der Waals surface area contributed by atoms with Crippen molar-refractivity contribution >= 4 is 0 Å². The third kappa shape index (κ3) is 71.6. The van der Waals surface area contributed by atoms with Crippen molar-refractivity contribution in [2.45, 2.75) is 172 Å². The molecule has 1 aliphatic heterocycles. The molecule has 4 N–H and O–H groups in total. The first kappa shape index (κ1) is 77.2. The number of aliphatic hydroxyl groups is 4. The molecule has 0 aromatic carbocycles. The fourth-order valence-corrected chi connectivity index (χ4v) is 2.37. The lowest BCUT2D eigenvalue weighted by Crippen LogP contribution is -2.23. The van der Waals surface area contributed by atoms with Crippen LogP contribution in [0.4, 0.5) is 0 Å². The maximum absolute atomic E-state index is 9.35. The predicted octanol–water partition coefficient (Wildman–Crippen LogP) is 9.41. The van der Waals surface area contributed by atoms with E-state index in [1.807, 2.05) is 34.6 Å². The zero-order valence-corrected chi connectivity index (χ0v) is 27.6. The maximum atomic E-state index is 9.35. The summed E-state index contributed by atoms with van der Waals surface area (Å²) in [5.41, 5.74) is 0. The van der Waals surface area contributed by atoms with Gasteiger partial charge in [-0.25, -0.2) is 0 Å². The molecule has 1 heterocycles. The lowest BCUT2D eigenvalue weighted by atomic mass is 10.1. The molecule has 9 heteroatoms. The van der Waals surface area contributed by atoms with E-state index < -0.39 is 12.2 Å². The molecule has 0 bridgehead atoms. The zero-order valence-electron chi connectivity index (χ0n) is 27.6. The van der Waals surface area contributed by atoms with Crippen molar-refractivity contribution in [3.05, 3.63) is 0 Å². The average Bonchev–Trinajstić information content (AvgIpc) is 3.73. The highest BCUT2D eigenvalue weighted by atomic mass is 16.6. The standard InChI is InChI=1S/C9H20O4.C9H18O3.C7H16O.C6H14O.8CH4/c1-7(2)9(12)6-13-4-3-8(11)5-10;1-7(2)9(10)6-11-4-3-8-5-12-8;1-4-5-8-6-7(2)3;1-4-7-5-6(2)3;;;;;;;;/h7-12H,3-6H2,1-2H3;7-10H,3-6H2,1-2H3;7H,4-6H2,1-3H3;6H,4-5H2,1-3H3;8*1H4. The minimum absolute atomic E-state index is 0. The second-order valence-electron chi connectivity index (χ2n) is 11.7. The smallest absolute Gasteiger partial charge is 0.0831 e. The van der Waals surface area contributed by atoms with Crippen LogP contribution in [-0.2, 0) is 23.7 Å². The normalized spacial score (nSPS) is 13.8. The Bertz CT molecular complexity index is 474. The Hall–Kier alpha value is -0.360. The van der Waals surface area contributed by atoms with E-state index in [1.165, 1.54) is 0 Å². The molecule has 310 valence electrons. The molecule has 4 unspecified atom stereocenters. The molecule has 0 aromatic rings. The van der Waals surface area contributed by atoms with Crippen LogP contribution in [0.5, 0.6) is 0 Å². The van der Waals surface area contributed by atoms with Crippen LogP contribution in [0.2, 0.25) is 0 Å². The van der Waals surface area contributed by atoms with Crippen LogP contribution in [0.3, 0.4) is 0 Å². The number of hydrogen-bond acceptors (Lipinski definition) is 9. The van der Waals surface area contributed by atoms with Gasteiger partial charge in [-0.05, 0) is 49.9 Å². The molecule has 1 saturated heterocycles. The van der Waals surface area contributed by atoms with Crippen molar-refractivity contribution < 1.29 is 44.1 Å². The third-order valence-corrected chi connectivity index (χ3v) is 5.36. The van der Waals surface area contributed by atoms with Crippen molar-refractivity contribution in [3.8, 4) is 0 Å². The number of rotatable bonds is 20. The minimum atomic E-state index is -0.712. The van der Waals surface area contributed by atoms with E-state index >= 15 is 0 Å². The van der Waals surface area contributed by atoms with E-state index in [4.69, 9.17) is 33.9 Å². The second-order valence-corrected chi connectivity index (χ2v) is 11.7. The van der Waals surface area contributed by atoms with Gasteiger partial charge in [0.1, 0.15) is 0 Å². The number of epoxide rings is 1. The average molecular weight is 713 g/mol. The molecule has 1 rings (SSSR count). The Morgan fingerprint density at radius 2 is 0.958 bits per heavy atom. The summed E-state index contributed by atoms with van der Waals surface area (Å²) in [6.07, 6.45) is 1.44. The van der Waals surface area contributed by atoms with Crippen molar-refractivity contribution in [1.82, 2.24) is 0 Å². The van der Waals surface area contributed by atoms with Gasteiger partial charge >= 0.3 is 0 Å². The van der Waals surface area contributed by atoms with Gasteiger partial charge in [0.15, 0.2) is 0 Å². The number of hydrogen-bond donors (Lipinski definition) is 4. The van der Waals surface area contributed by atoms with Crippen LogP contribution >= 0.6 is 0 Å². The lowest BCUT2D eigenvalue weighted by molar-refractivity contribution is -0.00441. The third-order valence-electron chi connectivity index (χ3n) is 5.36.